The third kappa shape index (κ3) is 1.77. The molecule has 2 aliphatic heterocycles. The Kier molecular flexibility index (Phi) is 2.31. The molecule has 2 nitrogen and oxygen atoms in total. The van der Waals surface area contributed by atoms with Crippen LogP contribution < -0.4 is 0 Å². The SMILES string of the molecule is CCC1O[C@@H]1[C@@]1(C)CCC(F)(F)CO1. The van der Waals surface area contributed by atoms with Crippen molar-refractivity contribution >= 4 is 0 Å². The number of hydrogen-bond donors (Lipinski definition) is 0. The van der Waals surface area contributed by atoms with Gasteiger partial charge in [-0.15, -0.1) is 0 Å². The van der Waals surface area contributed by atoms with Gasteiger partial charge < -0.3 is 9.47 Å². The van der Waals surface area contributed by atoms with Crippen molar-refractivity contribution in [3.05, 3.63) is 0 Å². The number of halogens is 2. The largest absolute Gasteiger partial charge is 0.366 e. The fourth-order valence-corrected chi connectivity index (χ4v) is 2.06. The maximum absolute atomic E-state index is 12.8. The van der Waals surface area contributed by atoms with Gasteiger partial charge in [-0.1, -0.05) is 6.92 Å². The first-order valence-electron chi connectivity index (χ1n) is 5.14. The molecule has 14 heavy (non-hydrogen) atoms. The minimum atomic E-state index is -2.64. The highest BCUT2D eigenvalue weighted by Crippen LogP contribution is 2.44. The summed E-state index contributed by atoms with van der Waals surface area (Å²) in [6, 6.07) is 0. The predicted molar refractivity (Wildman–Crippen MR) is 47.5 cm³/mol. The Morgan fingerprint density at radius 2 is 2.07 bits per heavy atom. The number of hydrogen-bond acceptors (Lipinski definition) is 2. The lowest BCUT2D eigenvalue weighted by Crippen LogP contribution is -2.46. The summed E-state index contributed by atoms with van der Waals surface area (Å²) in [7, 11) is 0. The fraction of sp³-hybridized carbons (Fsp3) is 1.00. The maximum atomic E-state index is 12.8. The molecule has 0 bridgehead atoms. The van der Waals surface area contributed by atoms with Crippen LogP contribution in [0.1, 0.15) is 33.1 Å². The summed E-state index contributed by atoms with van der Waals surface area (Å²) in [6.07, 6.45) is 1.48. The smallest absolute Gasteiger partial charge is 0.271 e. The standard InChI is InChI=1S/C10H16F2O2/c1-3-7-8(14-7)9(2)4-5-10(11,12)6-13-9/h7-8H,3-6H2,1-2H3/t7?,8-,9+/m0/s1. The Hall–Kier alpha value is -0.220. The monoisotopic (exact) mass is 206 g/mol. The van der Waals surface area contributed by atoms with E-state index in [9.17, 15) is 8.78 Å². The van der Waals surface area contributed by atoms with Crippen molar-refractivity contribution in [1.82, 2.24) is 0 Å². The zero-order chi connectivity index (χ0) is 10.4. The fourth-order valence-electron chi connectivity index (χ4n) is 2.06. The van der Waals surface area contributed by atoms with Crippen molar-refractivity contribution < 1.29 is 18.3 Å². The van der Waals surface area contributed by atoms with Gasteiger partial charge in [0.1, 0.15) is 12.7 Å². The van der Waals surface area contributed by atoms with E-state index in [-0.39, 0.29) is 18.6 Å². The van der Waals surface area contributed by atoms with Gasteiger partial charge in [-0.3, -0.25) is 0 Å². The maximum Gasteiger partial charge on any atom is 0.271 e. The second-order valence-electron chi connectivity index (χ2n) is 4.46. The quantitative estimate of drug-likeness (QED) is 0.647. The van der Waals surface area contributed by atoms with Crippen molar-refractivity contribution in [3.8, 4) is 0 Å². The van der Waals surface area contributed by atoms with E-state index in [4.69, 9.17) is 9.47 Å². The van der Waals surface area contributed by atoms with Crippen LogP contribution in [-0.4, -0.2) is 30.3 Å². The predicted octanol–water partition coefficient (Wildman–Crippen LogP) is 2.37. The molecule has 4 heteroatoms. The molecular formula is C10H16F2O2. The van der Waals surface area contributed by atoms with Crippen LogP contribution in [0.5, 0.6) is 0 Å². The third-order valence-corrected chi connectivity index (χ3v) is 3.19. The molecular weight excluding hydrogens is 190 g/mol. The first-order chi connectivity index (χ1) is 6.47. The van der Waals surface area contributed by atoms with Crippen molar-refractivity contribution in [2.75, 3.05) is 6.61 Å². The van der Waals surface area contributed by atoms with E-state index >= 15 is 0 Å². The van der Waals surface area contributed by atoms with Crippen molar-refractivity contribution in [2.45, 2.75) is 56.8 Å². The first-order valence-corrected chi connectivity index (χ1v) is 5.14. The lowest BCUT2D eigenvalue weighted by molar-refractivity contribution is -0.187. The second kappa shape index (κ2) is 3.14. The van der Waals surface area contributed by atoms with Gasteiger partial charge in [0.25, 0.3) is 5.92 Å². The molecule has 82 valence electrons. The Labute approximate surface area is 82.6 Å². The van der Waals surface area contributed by atoms with Crippen LogP contribution in [0.2, 0.25) is 0 Å². The summed E-state index contributed by atoms with van der Waals surface area (Å²) in [5, 5.41) is 0. The molecule has 0 aromatic carbocycles. The number of rotatable bonds is 2. The molecule has 2 aliphatic rings. The Bertz CT molecular complexity index is 220. The van der Waals surface area contributed by atoms with E-state index < -0.39 is 18.1 Å². The van der Waals surface area contributed by atoms with Gasteiger partial charge in [-0.25, -0.2) is 8.78 Å². The van der Waals surface area contributed by atoms with E-state index in [0.29, 0.717) is 6.42 Å². The van der Waals surface area contributed by atoms with Crippen molar-refractivity contribution in [3.63, 3.8) is 0 Å². The highest BCUT2D eigenvalue weighted by atomic mass is 19.3. The molecule has 2 heterocycles. The van der Waals surface area contributed by atoms with Gasteiger partial charge in [0.05, 0.1) is 11.7 Å². The molecule has 2 fully saturated rings. The number of epoxide rings is 1. The molecule has 0 N–H and O–H groups in total. The second-order valence-corrected chi connectivity index (χ2v) is 4.46. The van der Waals surface area contributed by atoms with Gasteiger partial charge >= 0.3 is 0 Å². The summed E-state index contributed by atoms with van der Waals surface area (Å²) in [5.41, 5.74) is -0.484. The molecule has 1 unspecified atom stereocenters. The molecule has 2 rings (SSSR count). The minimum absolute atomic E-state index is 0.0311. The molecule has 0 radical (unpaired) electrons. The third-order valence-electron chi connectivity index (χ3n) is 3.19. The zero-order valence-electron chi connectivity index (χ0n) is 8.56. The Morgan fingerprint density at radius 1 is 1.36 bits per heavy atom. The van der Waals surface area contributed by atoms with Crippen LogP contribution in [0.15, 0.2) is 0 Å². The Morgan fingerprint density at radius 3 is 2.50 bits per heavy atom. The Balaban J connectivity index is 1.93. The molecule has 0 aromatic heterocycles. The summed E-state index contributed by atoms with van der Waals surface area (Å²) in [4.78, 5) is 0. The average Bonchev–Trinajstić information content (AvgIpc) is 2.90. The summed E-state index contributed by atoms with van der Waals surface area (Å²) in [5.74, 6) is -2.64. The molecule has 3 atom stereocenters. The van der Waals surface area contributed by atoms with Crippen molar-refractivity contribution in [2.24, 2.45) is 0 Å². The number of ether oxygens (including phenoxy) is 2. The van der Waals surface area contributed by atoms with E-state index in [2.05, 4.69) is 0 Å². The van der Waals surface area contributed by atoms with Gasteiger partial charge in [0.15, 0.2) is 0 Å². The van der Waals surface area contributed by atoms with Crippen LogP contribution in [0, 0.1) is 0 Å². The normalized spacial score (nSPS) is 46.3. The first kappa shape index (κ1) is 10.3. The van der Waals surface area contributed by atoms with Crippen molar-refractivity contribution in [1.29, 1.82) is 0 Å². The van der Waals surface area contributed by atoms with E-state index in [1.54, 1.807) is 0 Å². The van der Waals surface area contributed by atoms with Crippen LogP contribution in [0.25, 0.3) is 0 Å². The topological polar surface area (TPSA) is 21.8 Å². The van der Waals surface area contributed by atoms with E-state index in [1.807, 2.05) is 13.8 Å². The molecule has 0 aliphatic carbocycles. The molecule has 0 aromatic rings. The molecule has 0 spiro atoms. The summed E-state index contributed by atoms with van der Waals surface area (Å²) < 4.78 is 36.4. The van der Waals surface area contributed by atoms with Gasteiger partial charge in [0.2, 0.25) is 0 Å². The van der Waals surface area contributed by atoms with Crippen LogP contribution in [0.4, 0.5) is 8.78 Å². The molecule has 2 saturated heterocycles. The van der Waals surface area contributed by atoms with Crippen LogP contribution >= 0.6 is 0 Å². The molecule has 0 amide bonds. The average molecular weight is 206 g/mol. The van der Waals surface area contributed by atoms with Gasteiger partial charge in [0, 0.05) is 6.42 Å². The summed E-state index contributed by atoms with van der Waals surface area (Å²) >= 11 is 0. The number of alkyl halides is 2. The lowest BCUT2D eigenvalue weighted by Gasteiger charge is -2.36. The lowest BCUT2D eigenvalue weighted by atomic mass is 9.89. The van der Waals surface area contributed by atoms with Gasteiger partial charge in [-0.05, 0) is 19.8 Å². The minimum Gasteiger partial charge on any atom is -0.366 e. The highest BCUT2D eigenvalue weighted by molar-refractivity contribution is 5.02. The summed E-state index contributed by atoms with van der Waals surface area (Å²) in [6.45, 7) is 3.45. The molecule has 0 saturated carbocycles. The zero-order valence-corrected chi connectivity index (χ0v) is 8.56. The van der Waals surface area contributed by atoms with Crippen LogP contribution in [0.3, 0.4) is 0 Å². The van der Waals surface area contributed by atoms with E-state index in [0.717, 1.165) is 6.42 Å². The highest BCUT2D eigenvalue weighted by Gasteiger charge is 2.55. The van der Waals surface area contributed by atoms with Gasteiger partial charge in [-0.2, -0.15) is 0 Å². The van der Waals surface area contributed by atoms with E-state index in [1.165, 1.54) is 0 Å². The van der Waals surface area contributed by atoms with Crippen LogP contribution in [-0.2, 0) is 9.47 Å².